The highest BCUT2D eigenvalue weighted by Crippen LogP contribution is 2.14. The SMILES string of the molecule is CCCC(C)CC(OC)C(=O)O. The summed E-state index contributed by atoms with van der Waals surface area (Å²) >= 11 is 0. The van der Waals surface area contributed by atoms with Crippen molar-refractivity contribution in [3.05, 3.63) is 0 Å². The Morgan fingerprint density at radius 1 is 1.58 bits per heavy atom. The molecule has 0 rings (SSSR count). The van der Waals surface area contributed by atoms with Crippen molar-refractivity contribution in [2.75, 3.05) is 7.11 Å². The summed E-state index contributed by atoms with van der Waals surface area (Å²) in [5.41, 5.74) is 0. The maximum absolute atomic E-state index is 10.5. The van der Waals surface area contributed by atoms with Gasteiger partial charge in [0.2, 0.25) is 0 Å². The van der Waals surface area contributed by atoms with E-state index < -0.39 is 12.1 Å². The molecule has 0 aromatic carbocycles. The number of hydrogen-bond acceptors (Lipinski definition) is 2. The van der Waals surface area contributed by atoms with E-state index >= 15 is 0 Å². The standard InChI is InChI=1S/C9H18O3/c1-4-5-7(2)6-8(12-3)9(10)11/h7-8H,4-6H2,1-3H3,(H,10,11). The van der Waals surface area contributed by atoms with Gasteiger partial charge >= 0.3 is 5.97 Å². The number of carboxylic acids is 1. The van der Waals surface area contributed by atoms with E-state index in [2.05, 4.69) is 13.8 Å². The van der Waals surface area contributed by atoms with Gasteiger partial charge in [0.25, 0.3) is 0 Å². The molecule has 0 radical (unpaired) electrons. The van der Waals surface area contributed by atoms with Crippen LogP contribution in [0.4, 0.5) is 0 Å². The van der Waals surface area contributed by atoms with Crippen molar-refractivity contribution in [3.63, 3.8) is 0 Å². The lowest BCUT2D eigenvalue weighted by molar-refractivity contribution is -0.149. The second-order valence-corrected chi connectivity index (χ2v) is 3.19. The van der Waals surface area contributed by atoms with Crippen LogP contribution in [0.25, 0.3) is 0 Å². The molecule has 0 aromatic rings. The molecule has 0 aliphatic rings. The summed E-state index contributed by atoms with van der Waals surface area (Å²) in [6.45, 7) is 4.15. The van der Waals surface area contributed by atoms with Gasteiger partial charge in [-0.15, -0.1) is 0 Å². The summed E-state index contributed by atoms with van der Waals surface area (Å²) in [4.78, 5) is 10.5. The topological polar surface area (TPSA) is 46.5 Å². The van der Waals surface area contributed by atoms with Crippen molar-refractivity contribution in [3.8, 4) is 0 Å². The van der Waals surface area contributed by atoms with Crippen LogP contribution in [0.1, 0.15) is 33.1 Å². The minimum Gasteiger partial charge on any atom is -0.479 e. The predicted molar refractivity (Wildman–Crippen MR) is 47.1 cm³/mol. The first-order valence-corrected chi connectivity index (χ1v) is 4.37. The highest BCUT2D eigenvalue weighted by Gasteiger charge is 2.18. The van der Waals surface area contributed by atoms with Crippen molar-refractivity contribution in [2.24, 2.45) is 5.92 Å². The minimum absolute atomic E-state index is 0.427. The van der Waals surface area contributed by atoms with Crippen LogP contribution in [0.5, 0.6) is 0 Å². The fourth-order valence-corrected chi connectivity index (χ4v) is 1.27. The first kappa shape index (κ1) is 11.4. The average Bonchev–Trinajstić information content (AvgIpc) is 2.00. The third-order valence-electron chi connectivity index (χ3n) is 1.96. The van der Waals surface area contributed by atoms with Crippen LogP contribution in [0, 0.1) is 5.92 Å². The molecule has 0 fully saturated rings. The average molecular weight is 174 g/mol. The fourth-order valence-electron chi connectivity index (χ4n) is 1.27. The van der Waals surface area contributed by atoms with Crippen LogP contribution >= 0.6 is 0 Å². The highest BCUT2D eigenvalue weighted by molar-refractivity contribution is 5.72. The monoisotopic (exact) mass is 174 g/mol. The molecule has 0 aliphatic heterocycles. The van der Waals surface area contributed by atoms with Gasteiger partial charge in [-0.2, -0.15) is 0 Å². The maximum Gasteiger partial charge on any atom is 0.332 e. The van der Waals surface area contributed by atoms with Crippen LogP contribution in [-0.2, 0) is 9.53 Å². The molecular weight excluding hydrogens is 156 g/mol. The normalized spacial score (nSPS) is 15.6. The van der Waals surface area contributed by atoms with Gasteiger partial charge in [-0.1, -0.05) is 26.7 Å². The quantitative estimate of drug-likeness (QED) is 0.669. The number of carboxylic acid groups (broad SMARTS) is 1. The zero-order valence-corrected chi connectivity index (χ0v) is 8.04. The lowest BCUT2D eigenvalue weighted by Gasteiger charge is -2.15. The Morgan fingerprint density at radius 2 is 2.17 bits per heavy atom. The van der Waals surface area contributed by atoms with Gasteiger partial charge in [0.05, 0.1) is 0 Å². The number of carbonyl (C=O) groups is 1. The molecule has 2 unspecified atom stereocenters. The Hall–Kier alpha value is -0.570. The third-order valence-corrected chi connectivity index (χ3v) is 1.96. The number of methoxy groups -OCH3 is 1. The molecule has 0 aromatic heterocycles. The second-order valence-electron chi connectivity index (χ2n) is 3.19. The summed E-state index contributed by atoms with van der Waals surface area (Å²) < 4.78 is 4.83. The summed E-state index contributed by atoms with van der Waals surface area (Å²) in [7, 11) is 1.44. The van der Waals surface area contributed by atoms with Gasteiger partial charge in [-0.25, -0.2) is 4.79 Å². The molecular formula is C9H18O3. The van der Waals surface area contributed by atoms with Gasteiger partial charge in [-0.05, 0) is 12.3 Å². The van der Waals surface area contributed by atoms with E-state index in [4.69, 9.17) is 9.84 Å². The molecule has 3 nitrogen and oxygen atoms in total. The summed E-state index contributed by atoms with van der Waals surface area (Å²) in [6.07, 6.45) is 2.14. The van der Waals surface area contributed by atoms with Crippen LogP contribution < -0.4 is 0 Å². The van der Waals surface area contributed by atoms with Crippen molar-refractivity contribution in [1.82, 2.24) is 0 Å². The summed E-state index contributed by atoms with van der Waals surface area (Å²) in [6, 6.07) is 0. The Bertz CT molecular complexity index is 134. The van der Waals surface area contributed by atoms with Gasteiger partial charge in [0.1, 0.15) is 0 Å². The van der Waals surface area contributed by atoms with E-state index in [9.17, 15) is 4.79 Å². The van der Waals surface area contributed by atoms with E-state index in [-0.39, 0.29) is 0 Å². The number of hydrogen-bond donors (Lipinski definition) is 1. The molecule has 0 bridgehead atoms. The Morgan fingerprint density at radius 3 is 2.50 bits per heavy atom. The predicted octanol–water partition coefficient (Wildman–Crippen LogP) is 1.91. The molecule has 12 heavy (non-hydrogen) atoms. The molecule has 0 saturated carbocycles. The van der Waals surface area contributed by atoms with Crippen LogP contribution in [0.2, 0.25) is 0 Å². The zero-order valence-electron chi connectivity index (χ0n) is 8.04. The largest absolute Gasteiger partial charge is 0.479 e. The Labute approximate surface area is 73.7 Å². The van der Waals surface area contributed by atoms with E-state index in [1.165, 1.54) is 7.11 Å². The van der Waals surface area contributed by atoms with Gasteiger partial charge in [0.15, 0.2) is 6.10 Å². The van der Waals surface area contributed by atoms with Crippen LogP contribution in [0.3, 0.4) is 0 Å². The molecule has 3 heteroatoms. The van der Waals surface area contributed by atoms with Gasteiger partial charge in [0, 0.05) is 7.11 Å². The highest BCUT2D eigenvalue weighted by atomic mass is 16.5. The molecule has 2 atom stereocenters. The fraction of sp³-hybridized carbons (Fsp3) is 0.889. The zero-order chi connectivity index (χ0) is 9.56. The van der Waals surface area contributed by atoms with Gasteiger partial charge in [-0.3, -0.25) is 0 Å². The second kappa shape index (κ2) is 6.00. The maximum atomic E-state index is 10.5. The lowest BCUT2D eigenvalue weighted by Crippen LogP contribution is -2.24. The Kier molecular flexibility index (Phi) is 5.72. The van der Waals surface area contributed by atoms with Crippen molar-refractivity contribution < 1.29 is 14.6 Å². The number of ether oxygens (including phenoxy) is 1. The van der Waals surface area contributed by atoms with Gasteiger partial charge < -0.3 is 9.84 Å². The molecule has 0 aliphatic carbocycles. The molecule has 0 heterocycles. The van der Waals surface area contributed by atoms with E-state index in [0.29, 0.717) is 12.3 Å². The molecule has 1 N–H and O–H groups in total. The van der Waals surface area contributed by atoms with Crippen molar-refractivity contribution >= 4 is 5.97 Å². The first-order valence-electron chi connectivity index (χ1n) is 4.37. The number of rotatable bonds is 6. The molecule has 0 spiro atoms. The van der Waals surface area contributed by atoms with Crippen LogP contribution in [0.15, 0.2) is 0 Å². The molecule has 0 saturated heterocycles. The summed E-state index contributed by atoms with van der Waals surface area (Å²) in [5.74, 6) is -0.434. The van der Waals surface area contributed by atoms with E-state index in [0.717, 1.165) is 12.8 Å². The van der Waals surface area contributed by atoms with Crippen molar-refractivity contribution in [2.45, 2.75) is 39.2 Å². The number of aliphatic carboxylic acids is 1. The minimum atomic E-state index is -0.861. The van der Waals surface area contributed by atoms with Crippen molar-refractivity contribution in [1.29, 1.82) is 0 Å². The smallest absolute Gasteiger partial charge is 0.332 e. The summed E-state index contributed by atoms with van der Waals surface area (Å²) in [5, 5.41) is 8.67. The van der Waals surface area contributed by atoms with Crippen LogP contribution in [-0.4, -0.2) is 24.3 Å². The third kappa shape index (κ3) is 4.34. The lowest BCUT2D eigenvalue weighted by atomic mass is 9.99. The van der Waals surface area contributed by atoms with E-state index in [1.807, 2.05) is 0 Å². The Balaban J connectivity index is 3.77. The molecule has 0 amide bonds. The van der Waals surface area contributed by atoms with E-state index in [1.54, 1.807) is 0 Å². The molecule has 72 valence electrons. The first-order chi connectivity index (χ1) is 5.61.